The molecule has 192 valence electrons. The van der Waals surface area contributed by atoms with Crippen LogP contribution >= 0.6 is 0 Å². The first-order valence-electron chi connectivity index (χ1n) is 12.8. The van der Waals surface area contributed by atoms with Gasteiger partial charge in [0.1, 0.15) is 17.6 Å². The van der Waals surface area contributed by atoms with Gasteiger partial charge in [0.05, 0.1) is 30.8 Å². The average molecular weight is 479 g/mol. The Bertz CT molecular complexity index is 800. The second-order valence-electron chi connectivity index (χ2n) is 10.5. The highest BCUT2D eigenvalue weighted by molar-refractivity contribution is 5.98. The van der Waals surface area contributed by atoms with Crippen LogP contribution in [-0.4, -0.2) is 82.3 Å². The van der Waals surface area contributed by atoms with E-state index in [1.807, 2.05) is 20.8 Å². The molecule has 3 rings (SSSR count). The summed E-state index contributed by atoms with van der Waals surface area (Å²) in [5.74, 6) is -2.59. The first kappa shape index (κ1) is 26.7. The van der Waals surface area contributed by atoms with Crippen molar-refractivity contribution in [2.45, 2.75) is 90.0 Å². The lowest BCUT2D eigenvalue weighted by atomic mass is 9.66. The molecule has 2 unspecified atom stereocenters. The number of hydrogen-bond donors (Lipinski definition) is 1. The Morgan fingerprint density at radius 2 is 2.03 bits per heavy atom. The van der Waals surface area contributed by atoms with Gasteiger partial charge in [-0.3, -0.25) is 14.4 Å². The van der Waals surface area contributed by atoms with E-state index in [1.165, 1.54) is 0 Å². The molecule has 8 nitrogen and oxygen atoms in total. The molecular weight excluding hydrogens is 436 g/mol. The predicted molar refractivity (Wildman–Crippen MR) is 128 cm³/mol. The number of esters is 1. The van der Waals surface area contributed by atoms with Crippen molar-refractivity contribution in [2.75, 3.05) is 26.3 Å². The Kier molecular flexibility index (Phi) is 8.13. The zero-order valence-electron chi connectivity index (χ0n) is 21.4. The molecule has 8 heteroatoms. The molecule has 0 aromatic rings. The van der Waals surface area contributed by atoms with Crippen molar-refractivity contribution in [3.8, 4) is 0 Å². The first-order valence-corrected chi connectivity index (χ1v) is 12.8. The molecular formula is C26H42N2O6. The van der Waals surface area contributed by atoms with Crippen LogP contribution in [0.25, 0.3) is 0 Å². The van der Waals surface area contributed by atoms with Crippen LogP contribution in [0.5, 0.6) is 0 Å². The Hall–Kier alpha value is -1.93. The SMILES string of the molecule is C=CCN(CCCCC)C(=O)C1N([C@@H](CO)C(C)C)C(=O)[C@@H]2[C@H](C(=O)OCC)[C@]3(C)CCC12O3. The number of likely N-dealkylation sites (tertiary alicyclic amines) is 1. The van der Waals surface area contributed by atoms with Crippen molar-refractivity contribution in [3.05, 3.63) is 12.7 Å². The Morgan fingerprint density at radius 1 is 1.32 bits per heavy atom. The molecule has 2 bridgehead atoms. The fourth-order valence-electron chi connectivity index (χ4n) is 6.38. The largest absolute Gasteiger partial charge is 0.466 e. The van der Waals surface area contributed by atoms with Gasteiger partial charge in [-0.1, -0.05) is 39.7 Å². The summed E-state index contributed by atoms with van der Waals surface area (Å²) in [4.78, 5) is 44.6. The molecule has 0 aromatic heterocycles. The number of carbonyl (C=O) groups is 3. The summed E-state index contributed by atoms with van der Waals surface area (Å²) in [7, 11) is 0. The van der Waals surface area contributed by atoms with Gasteiger partial charge in [0.25, 0.3) is 0 Å². The van der Waals surface area contributed by atoms with Gasteiger partial charge in [-0.05, 0) is 39.0 Å². The summed E-state index contributed by atoms with van der Waals surface area (Å²) in [6.45, 7) is 14.2. The molecule has 0 aromatic carbocycles. The third kappa shape index (κ3) is 4.17. The van der Waals surface area contributed by atoms with Gasteiger partial charge in [-0.15, -0.1) is 6.58 Å². The predicted octanol–water partition coefficient (Wildman–Crippen LogP) is 2.54. The third-order valence-electron chi connectivity index (χ3n) is 8.00. The number of ether oxygens (including phenoxy) is 2. The fraction of sp³-hybridized carbons (Fsp3) is 0.808. The van der Waals surface area contributed by atoms with Crippen molar-refractivity contribution in [1.29, 1.82) is 0 Å². The molecule has 34 heavy (non-hydrogen) atoms. The van der Waals surface area contributed by atoms with Crippen LogP contribution in [0.4, 0.5) is 0 Å². The molecule has 1 spiro atoms. The lowest BCUT2D eigenvalue weighted by Crippen LogP contribution is -2.59. The zero-order valence-corrected chi connectivity index (χ0v) is 21.4. The molecule has 1 N–H and O–H groups in total. The quantitative estimate of drug-likeness (QED) is 0.263. The fourth-order valence-corrected chi connectivity index (χ4v) is 6.38. The topological polar surface area (TPSA) is 96.4 Å². The van der Waals surface area contributed by atoms with Gasteiger partial charge in [0, 0.05) is 13.1 Å². The minimum atomic E-state index is -1.10. The Labute approximate surface area is 203 Å². The van der Waals surface area contributed by atoms with Crippen LogP contribution in [0.2, 0.25) is 0 Å². The van der Waals surface area contributed by atoms with Crippen LogP contribution in [0.3, 0.4) is 0 Å². The highest BCUT2D eigenvalue weighted by Gasteiger charge is 2.79. The Morgan fingerprint density at radius 3 is 2.59 bits per heavy atom. The van der Waals surface area contributed by atoms with Gasteiger partial charge < -0.3 is 24.4 Å². The second-order valence-corrected chi connectivity index (χ2v) is 10.5. The minimum absolute atomic E-state index is 0.0822. The van der Waals surface area contributed by atoms with E-state index in [0.29, 0.717) is 25.9 Å². The van der Waals surface area contributed by atoms with Gasteiger partial charge in [0.2, 0.25) is 11.8 Å². The van der Waals surface area contributed by atoms with Crippen LogP contribution in [0, 0.1) is 17.8 Å². The number of aliphatic hydroxyl groups excluding tert-OH is 1. The number of fused-ring (bicyclic) bond motifs is 1. The standard InChI is InChI=1S/C26H42N2O6/c1-7-10-11-15-27(14-8-2)23(31)21-26-13-12-25(6,34-26)20(24(32)33-9-3)19(26)22(30)28(21)18(16-29)17(4)5/h8,17-21,29H,2,7,9-16H2,1,3-6H3/t18-,19-,20+,21?,25-,26?/m0/s1. The molecule has 6 atom stereocenters. The lowest BCUT2D eigenvalue weighted by molar-refractivity contribution is -0.162. The number of rotatable bonds is 12. The van der Waals surface area contributed by atoms with Crippen molar-refractivity contribution in [2.24, 2.45) is 17.8 Å². The van der Waals surface area contributed by atoms with Gasteiger partial charge >= 0.3 is 5.97 Å². The smallest absolute Gasteiger partial charge is 0.312 e. The van der Waals surface area contributed by atoms with E-state index in [4.69, 9.17) is 9.47 Å². The van der Waals surface area contributed by atoms with Crippen molar-refractivity contribution in [1.82, 2.24) is 9.80 Å². The summed E-state index contributed by atoms with van der Waals surface area (Å²) >= 11 is 0. The van der Waals surface area contributed by atoms with E-state index in [1.54, 1.807) is 22.8 Å². The highest BCUT2D eigenvalue weighted by Crippen LogP contribution is 2.63. The summed E-state index contributed by atoms with van der Waals surface area (Å²) in [6, 6.07) is -1.45. The molecule has 0 aliphatic carbocycles. The normalized spacial score (nSPS) is 32.7. The Balaban J connectivity index is 2.09. The van der Waals surface area contributed by atoms with Crippen molar-refractivity contribution in [3.63, 3.8) is 0 Å². The number of hydrogen-bond acceptors (Lipinski definition) is 6. The van der Waals surface area contributed by atoms with Crippen LogP contribution < -0.4 is 0 Å². The van der Waals surface area contributed by atoms with Crippen LogP contribution in [0.1, 0.15) is 66.7 Å². The number of unbranched alkanes of at least 4 members (excludes halogenated alkanes) is 2. The number of nitrogens with zero attached hydrogens (tertiary/aromatic N) is 2. The van der Waals surface area contributed by atoms with E-state index < -0.39 is 41.1 Å². The monoisotopic (exact) mass is 478 g/mol. The third-order valence-corrected chi connectivity index (χ3v) is 8.00. The highest BCUT2D eigenvalue weighted by atomic mass is 16.6. The molecule has 3 aliphatic rings. The van der Waals surface area contributed by atoms with Gasteiger partial charge in [0.15, 0.2) is 0 Å². The van der Waals surface area contributed by atoms with E-state index in [0.717, 1.165) is 19.3 Å². The lowest BCUT2D eigenvalue weighted by Gasteiger charge is -2.40. The van der Waals surface area contributed by atoms with Gasteiger partial charge in [-0.25, -0.2) is 0 Å². The van der Waals surface area contributed by atoms with Crippen LogP contribution in [0.15, 0.2) is 12.7 Å². The zero-order chi connectivity index (χ0) is 25.3. The molecule has 2 amide bonds. The molecule has 3 heterocycles. The maximum absolute atomic E-state index is 14.2. The maximum atomic E-state index is 14.2. The molecule has 0 saturated carbocycles. The summed E-state index contributed by atoms with van der Waals surface area (Å²) in [5, 5.41) is 10.3. The van der Waals surface area contributed by atoms with Crippen molar-refractivity contribution >= 4 is 17.8 Å². The summed E-state index contributed by atoms with van der Waals surface area (Å²) < 4.78 is 12.0. The molecule has 3 fully saturated rings. The average Bonchev–Trinajstić information content (AvgIpc) is 3.35. The maximum Gasteiger partial charge on any atom is 0.312 e. The molecule has 0 radical (unpaired) electrons. The van der Waals surface area contributed by atoms with E-state index in [9.17, 15) is 19.5 Å². The second kappa shape index (κ2) is 10.4. The number of aliphatic hydroxyl groups is 1. The minimum Gasteiger partial charge on any atom is -0.466 e. The number of amides is 2. The molecule has 3 aliphatic heterocycles. The summed E-state index contributed by atoms with van der Waals surface area (Å²) in [5.41, 5.74) is -1.96. The van der Waals surface area contributed by atoms with Crippen LogP contribution in [-0.2, 0) is 23.9 Å². The first-order chi connectivity index (χ1) is 16.1. The molecule has 3 saturated heterocycles. The van der Waals surface area contributed by atoms with E-state index in [-0.39, 0.29) is 30.9 Å². The summed E-state index contributed by atoms with van der Waals surface area (Å²) in [6.07, 6.45) is 5.65. The van der Waals surface area contributed by atoms with E-state index >= 15 is 0 Å². The van der Waals surface area contributed by atoms with Crippen molar-refractivity contribution < 1.29 is 29.0 Å². The van der Waals surface area contributed by atoms with E-state index in [2.05, 4.69) is 13.5 Å². The van der Waals surface area contributed by atoms with Gasteiger partial charge in [-0.2, -0.15) is 0 Å². The number of carbonyl (C=O) groups excluding carboxylic acids is 3.